The number of benzene rings is 2. The summed E-state index contributed by atoms with van der Waals surface area (Å²) in [6.07, 6.45) is 0. The predicted octanol–water partition coefficient (Wildman–Crippen LogP) is 1.95. The second kappa shape index (κ2) is 5.73. The Balaban J connectivity index is 2.40. The Kier molecular flexibility index (Phi) is 3.77. The van der Waals surface area contributed by atoms with Gasteiger partial charge in [0.15, 0.2) is 5.82 Å². The van der Waals surface area contributed by atoms with E-state index in [-0.39, 0.29) is 11.6 Å². The number of aryl methyl sites for hydroxylation is 1. The molecule has 0 radical (unpaired) electrons. The van der Waals surface area contributed by atoms with Crippen molar-refractivity contribution in [2.45, 2.75) is 19.9 Å². The van der Waals surface area contributed by atoms with Gasteiger partial charge >= 0.3 is 0 Å². The van der Waals surface area contributed by atoms with E-state index in [1.165, 1.54) is 0 Å². The van der Waals surface area contributed by atoms with Gasteiger partial charge in [0.05, 0.1) is 23.6 Å². The van der Waals surface area contributed by atoms with Crippen molar-refractivity contribution in [3.05, 3.63) is 70.3 Å². The molecule has 1 atom stereocenters. The normalized spacial score (nSPS) is 12.5. The maximum Gasteiger partial charge on any atom is 0.266 e. The minimum Gasteiger partial charge on any atom is -0.340 e. The van der Waals surface area contributed by atoms with Crippen LogP contribution < -0.4 is 10.9 Å². The number of para-hydroxylation sites is 1. The molecule has 0 amide bonds. The molecular formula is C18H20N3O+. The lowest BCUT2D eigenvalue weighted by Gasteiger charge is -2.16. The Morgan fingerprint density at radius 1 is 1.14 bits per heavy atom. The highest BCUT2D eigenvalue weighted by molar-refractivity contribution is 5.77. The molecule has 0 spiro atoms. The van der Waals surface area contributed by atoms with E-state index in [0.29, 0.717) is 5.39 Å². The molecule has 112 valence electrons. The highest BCUT2D eigenvalue weighted by Crippen LogP contribution is 2.16. The van der Waals surface area contributed by atoms with Crippen LogP contribution in [-0.2, 0) is 0 Å². The third kappa shape index (κ3) is 2.42. The third-order valence-corrected chi connectivity index (χ3v) is 3.97. The van der Waals surface area contributed by atoms with Crippen LogP contribution in [-0.4, -0.2) is 16.6 Å². The third-order valence-electron chi connectivity index (χ3n) is 3.97. The summed E-state index contributed by atoms with van der Waals surface area (Å²) in [7, 11) is 1.99. The molecule has 3 rings (SSSR count). The molecule has 1 aromatic heterocycles. The van der Waals surface area contributed by atoms with Crippen LogP contribution in [0.2, 0.25) is 0 Å². The number of fused-ring (bicyclic) bond motifs is 1. The Hall–Kier alpha value is -2.46. The highest BCUT2D eigenvalue weighted by Gasteiger charge is 2.18. The van der Waals surface area contributed by atoms with E-state index in [4.69, 9.17) is 4.98 Å². The standard InChI is InChI=1S/C18H19N3O/c1-12-7-6-8-14(11-12)21-17(13(2)19-3)20-16-10-5-4-9-15(16)18(21)22/h4-11,13,19H,1-3H3/p+1/t13-/m1/s1. The van der Waals surface area contributed by atoms with Crippen LogP contribution in [0.25, 0.3) is 16.6 Å². The second-order valence-corrected chi connectivity index (χ2v) is 5.59. The summed E-state index contributed by atoms with van der Waals surface area (Å²) in [4.78, 5) is 17.7. The van der Waals surface area contributed by atoms with E-state index in [0.717, 1.165) is 22.6 Å². The van der Waals surface area contributed by atoms with Crippen LogP contribution in [0.3, 0.4) is 0 Å². The molecule has 4 nitrogen and oxygen atoms in total. The SMILES string of the molecule is C[NH2+][C@H](C)c1nc2ccccc2c(=O)n1-c1cccc(C)c1. The fraction of sp³-hybridized carbons (Fsp3) is 0.222. The van der Waals surface area contributed by atoms with E-state index in [2.05, 4.69) is 12.2 Å². The molecule has 2 aromatic carbocycles. The number of nitrogens with zero attached hydrogens (tertiary/aromatic N) is 2. The molecule has 0 aliphatic heterocycles. The van der Waals surface area contributed by atoms with Crippen LogP contribution >= 0.6 is 0 Å². The van der Waals surface area contributed by atoms with Gasteiger partial charge in [0.25, 0.3) is 5.56 Å². The van der Waals surface area contributed by atoms with Crippen LogP contribution in [0.15, 0.2) is 53.3 Å². The molecule has 0 aliphatic rings. The summed E-state index contributed by atoms with van der Waals surface area (Å²) in [6.45, 7) is 4.08. The van der Waals surface area contributed by atoms with E-state index in [1.807, 2.05) is 62.5 Å². The average Bonchev–Trinajstić information content (AvgIpc) is 2.54. The highest BCUT2D eigenvalue weighted by atomic mass is 16.1. The molecule has 3 aromatic rings. The van der Waals surface area contributed by atoms with E-state index in [1.54, 1.807) is 4.57 Å². The summed E-state index contributed by atoms with van der Waals surface area (Å²) < 4.78 is 1.74. The Labute approximate surface area is 129 Å². The predicted molar refractivity (Wildman–Crippen MR) is 88.3 cm³/mol. The van der Waals surface area contributed by atoms with Gasteiger partial charge in [-0.1, -0.05) is 24.3 Å². The number of hydrogen-bond acceptors (Lipinski definition) is 2. The molecular weight excluding hydrogens is 274 g/mol. The molecule has 2 N–H and O–H groups in total. The van der Waals surface area contributed by atoms with E-state index >= 15 is 0 Å². The summed E-state index contributed by atoms with van der Waals surface area (Å²) in [6, 6.07) is 15.6. The Bertz CT molecular complexity index is 883. The van der Waals surface area contributed by atoms with Gasteiger partial charge in [0.1, 0.15) is 6.04 Å². The van der Waals surface area contributed by atoms with Crippen molar-refractivity contribution in [1.29, 1.82) is 0 Å². The van der Waals surface area contributed by atoms with Gasteiger partial charge in [-0.05, 0) is 43.7 Å². The zero-order valence-corrected chi connectivity index (χ0v) is 13.1. The summed E-state index contributed by atoms with van der Waals surface area (Å²) in [5.41, 5.74) is 2.73. The van der Waals surface area contributed by atoms with Crippen molar-refractivity contribution in [3.63, 3.8) is 0 Å². The Morgan fingerprint density at radius 2 is 1.91 bits per heavy atom. The molecule has 0 saturated carbocycles. The van der Waals surface area contributed by atoms with Crippen molar-refractivity contribution >= 4 is 10.9 Å². The molecule has 0 saturated heterocycles. The summed E-state index contributed by atoms with van der Waals surface area (Å²) in [5, 5.41) is 2.71. The first-order valence-corrected chi connectivity index (χ1v) is 7.50. The number of rotatable bonds is 3. The summed E-state index contributed by atoms with van der Waals surface area (Å²) >= 11 is 0. The van der Waals surface area contributed by atoms with Gasteiger partial charge in [-0.25, -0.2) is 4.98 Å². The van der Waals surface area contributed by atoms with Crippen LogP contribution in [0.1, 0.15) is 24.4 Å². The lowest BCUT2D eigenvalue weighted by Crippen LogP contribution is -2.80. The van der Waals surface area contributed by atoms with Crippen molar-refractivity contribution in [2.24, 2.45) is 0 Å². The van der Waals surface area contributed by atoms with Crippen LogP contribution in [0.4, 0.5) is 0 Å². The van der Waals surface area contributed by atoms with E-state index < -0.39 is 0 Å². The van der Waals surface area contributed by atoms with Gasteiger partial charge in [-0.15, -0.1) is 0 Å². The van der Waals surface area contributed by atoms with Crippen molar-refractivity contribution in [3.8, 4) is 5.69 Å². The zero-order valence-electron chi connectivity index (χ0n) is 13.1. The smallest absolute Gasteiger partial charge is 0.266 e. The minimum atomic E-state index is -0.0140. The molecule has 0 fully saturated rings. The lowest BCUT2D eigenvalue weighted by molar-refractivity contribution is -0.668. The number of aromatic nitrogens is 2. The maximum atomic E-state index is 13.0. The van der Waals surface area contributed by atoms with E-state index in [9.17, 15) is 4.79 Å². The summed E-state index contributed by atoms with van der Waals surface area (Å²) in [5.74, 6) is 0.775. The molecule has 22 heavy (non-hydrogen) atoms. The monoisotopic (exact) mass is 294 g/mol. The molecule has 0 bridgehead atoms. The number of hydrogen-bond donors (Lipinski definition) is 1. The molecule has 0 aliphatic carbocycles. The van der Waals surface area contributed by atoms with Crippen LogP contribution in [0, 0.1) is 6.92 Å². The first-order valence-electron chi connectivity index (χ1n) is 7.50. The quantitative estimate of drug-likeness (QED) is 0.802. The van der Waals surface area contributed by atoms with Gasteiger partial charge in [-0.3, -0.25) is 9.36 Å². The van der Waals surface area contributed by atoms with Gasteiger partial charge in [-0.2, -0.15) is 0 Å². The van der Waals surface area contributed by atoms with Crippen LogP contribution in [0.5, 0.6) is 0 Å². The lowest BCUT2D eigenvalue weighted by atomic mass is 10.2. The average molecular weight is 294 g/mol. The fourth-order valence-electron chi connectivity index (χ4n) is 2.62. The van der Waals surface area contributed by atoms with Crippen molar-refractivity contribution < 1.29 is 5.32 Å². The molecule has 4 heteroatoms. The topological polar surface area (TPSA) is 51.5 Å². The van der Waals surface area contributed by atoms with Gasteiger partial charge in [0, 0.05) is 0 Å². The molecule has 0 unspecified atom stereocenters. The number of nitrogens with two attached hydrogens (primary N) is 1. The minimum absolute atomic E-state index is 0.0140. The first kappa shape index (κ1) is 14.5. The zero-order chi connectivity index (χ0) is 15.7. The Morgan fingerprint density at radius 3 is 2.64 bits per heavy atom. The largest absolute Gasteiger partial charge is 0.340 e. The van der Waals surface area contributed by atoms with Crippen molar-refractivity contribution in [1.82, 2.24) is 9.55 Å². The van der Waals surface area contributed by atoms with Gasteiger partial charge in [0.2, 0.25) is 0 Å². The maximum absolute atomic E-state index is 13.0. The fourth-order valence-corrected chi connectivity index (χ4v) is 2.62. The molecule has 1 heterocycles. The second-order valence-electron chi connectivity index (χ2n) is 5.59. The van der Waals surface area contributed by atoms with Crippen molar-refractivity contribution in [2.75, 3.05) is 7.05 Å². The van der Waals surface area contributed by atoms with Gasteiger partial charge < -0.3 is 5.32 Å². The first-order chi connectivity index (χ1) is 10.6. The number of quaternary nitrogens is 1.